The lowest BCUT2D eigenvalue weighted by Crippen LogP contribution is -2.05. The number of benzene rings is 2. The van der Waals surface area contributed by atoms with Crippen molar-refractivity contribution in [3.63, 3.8) is 0 Å². The summed E-state index contributed by atoms with van der Waals surface area (Å²) in [5.74, 6) is -1.28. The van der Waals surface area contributed by atoms with Crippen molar-refractivity contribution in [2.24, 2.45) is 0 Å². The molecule has 0 aromatic heterocycles. The second-order valence-electron chi connectivity index (χ2n) is 3.79. The molecule has 0 fully saturated rings. The van der Waals surface area contributed by atoms with E-state index in [0.717, 1.165) is 0 Å². The van der Waals surface area contributed by atoms with Crippen LogP contribution in [0.5, 0.6) is 0 Å². The molecule has 0 spiro atoms. The minimum Gasteiger partial charge on any atom is -0.398 e. The smallest absolute Gasteiger partial charge is 0.196 e. The molecule has 0 bridgehead atoms. The van der Waals surface area contributed by atoms with Crippen LogP contribution in [0.25, 0.3) is 0 Å². The van der Waals surface area contributed by atoms with Crippen molar-refractivity contribution in [3.05, 3.63) is 61.8 Å². The van der Waals surface area contributed by atoms with E-state index in [4.69, 9.17) is 28.9 Å². The van der Waals surface area contributed by atoms with Crippen LogP contribution in [0.15, 0.2) is 34.8 Å². The maximum absolute atomic E-state index is 13.9. The van der Waals surface area contributed by atoms with Crippen LogP contribution < -0.4 is 5.73 Å². The summed E-state index contributed by atoms with van der Waals surface area (Å²) < 4.78 is 14.3. The molecule has 0 aliphatic rings. The number of carbonyl (C=O) groups is 1. The number of hydrogen-bond donors (Lipinski definition) is 1. The van der Waals surface area contributed by atoms with Gasteiger partial charge in [0.05, 0.1) is 21.3 Å². The summed E-state index contributed by atoms with van der Waals surface area (Å²) in [6.07, 6.45) is 0. The highest BCUT2D eigenvalue weighted by atomic mass is 79.9. The molecule has 98 valence electrons. The third kappa shape index (κ3) is 2.76. The molecule has 0 aliphatic heterocycles. The number of carbonyl (C=O) groups excluding carboxylic acids is 1. The number of nitrogens with two attached hydrogens (primary N) is 1. The van der Waals surface area contributed by atoms with E-state index in [9.17, 15) is 9.18 Å². The summed E-state index contributed by atoms with van der Waals surface area (Å²) in [7, 11) is 0. The molecule has 19 heavy (non-hydrogen) atoms. The van der Waals surface area contributed by atoms with Crippen LogP contribution in [0.1, 0.15) is 15.9 Å². The van der Waals surface area contributed by atoms with E-state index in [1.165, 1.54) is 30.3 Å². The molecular formula is C13H7BrCl2FNO. The average molecular weight is 363 g/mol. The van der Waals surface area contributed by atoms with Crippen LogP contribution in [0, 0.1) is 5.82 Å². The second-order valence-corrected chi connectivity index (χ2v) is 5.43. The molecule has 0 amide bonds. The zero-order valence-corrected chi connectivity index (χ0v) is 12.5. The Morgan fingerprint density at radius 2 is 1.89 bits per heavy atom. The van der Waals surface area contributed by atoms with Crippen LogP contribution in [0.2, 0.25) is 10.0 Å². The van der Waals surface area contributed by atoms with Crippen molar-refractivity contribution in [3.8, 4) is 0 Å². The fourth-order valence-corrected chi connectivity index (χ4v) is 2.18. The average Bonchev–Trinajstić information content (AvgIpc) is 2.39. The fourth-order valence-electron chi connectivity index (χ4n) is 1.53. The minimum atomic E-state index is -0.769. The molecular weight excluding hydrogens is 356 g/mol. The Balaban J connectivity index is 2.50. The maximum atomic E-state index is 13.9. The van der Waals surface area contributed by atoms with Crippen LogP contribution in [-0.4, -0.2) is 5.78 Å². The standard InChI is InChI=1S/C13H7BrCl2FNO/c14-8-3-2-7(12(17)11(8)16)13(19)6-1-4-10(18)9(15)5-6/h1-5H,18H2. The van der Waals surface area contributed by atoms with Gasteiger partial charge in [-0.1, -0.05) is 23.2 Å². The quantitative estimate of drug-likeness (QED) is 0.477. The van der Waals surface area contributed by atoms with E-state index in [1.54, 1.807) is 0 Å². The van der Waals surface area contributed by atoms with E-state index in [-0.39, 0.29) is 21.2 Å². The first kappa shape index (κ1) is 14.3. The van der Waals surface area contributed by atoms with Gasteiger partial charge in [0.2, 0.25) is 0 Å². The predicted octanol–water partition coefficient (Wildman–Crippen LogP) is 4.71. The van der Waals surface area contributed by atoms with Gasteiger partial charge in [-0.3, -0.25) is 4.79 Å². The van der Waals surface area contributed by atoms with E-state index < -0.39 is 11.6 Å². The second kappa shape index (κ2) is 5.49. The molecule has 0 saturated heterocycles. The summed E-state index contributed by atoms with van der Waals surface area (Å²) in [6.45, 7) is 0. The van der Waals surface area contributed by atoms with Gasteiger partial charge in [-0.05, 0) is 46.3 Å². The highest BCUT2D eigenvalue weighted by Gasteiger charge is 2.18. The van der Waals surface area contributed by atoms with Gasteiger partial charge in [0.1, 0.15) is 0 Å². The van der Waals surface area contributed by atoms with Gasteiger partial charge in [-0.2, -0.15) is 0 Å². The molecule has 6 heteroatoms. The normalized spacial score (nSPS) is 10.5. The van der Waals surface area contributed by atoms with Crippen LogP contribution in [-0.2, 0) is 0 Å². The number of rotatable bonds is 2. The molecule has 0 heterocycles. The van der Waals surface area contributed by atoms with Crippen molar-refractivity contribution < 1.29 is 9.18 Å². The number of nitrogen functional groups attached to an aromatic ring is 1. The van der Waals surface area contributed by atoms with Crippen LogP contribution >= 0.6 is 39.1 Å². The van der Waals surface area contributed by atoms with E-state index in [2.05, 4.69) is 15.9 Å². The molecule has 2 nitrogen and oxygen atoms in total. The molecule has 0 unspecified atom stereocenters. The van der Waals surface area contributed by atoms with Crippen molar-refractivity contribution in [1.82, 2.24) is 0 Å². The highest BCUT2D eigenvalue weighted by molar-refractivity contribution is 9.10. The van der Waals surface area contributed by atoms with Gasteiger partial charge in [0, 0.05) is 10.0 Å². The van der Waals surface area contributed by atoms with E-state index >= 15 is 0 Å². The van der Waals surface area contributed by atoms with Gasteiger partial charge < -0.3 is 5.73 Å². The summed E-state index contributed by atoms with van der Waals surface area (Å²) in [6, 6.07) is 7.25. The molecule has 2 aromatic rings. The monoisotopic (exact) mass is 361 g/mol. The topological polar surface area (TPSA) is 43.1 Å². The zero-order chi connectivity index (χ0) is 14.2. The first-order valence-electron chi connectivity index (χ1n) is 5.15. The van der Waals surface area contributed by atoms with Crippen molar-refractivity contribution in [2.75, 3.05) is 5.73 Å². The Kier molecular flexibility index (Phi) is 4.13. The Bertz CT molecular complexity index is 676. The predicted molar refractivity (Wildman–Crippen MR) is 78.4 cm³/mol. The van der Waals surface area contributed by atoms with Gasteiger partial charge in [0.25, 0.3) is 0 Å². The van der Waals surface area contributed by atoms with Crippen molar-refractivity contribution >= 4 is 50.6 Å². The molecule has 0 aliphatic carbocycles. The largest absolute Gasteiger partial charge is 0.398 e. The Morgan fingerprint density at radius 3 is 2.53 bits per heavy atom. The lowest BCUT2D eigenvalue weighted by Gasteiger charge is -2.06. The minimum absolute atomic E-state index is 0.117. The summed E-state index contributed by atoms with van der Waals surface area (Å²) >= 11 is 14.7. The highest BCUT2D eigenvalue weighted by Crippen LogP contribution is 2.29. The summed E-state index contributed by atoms with van der Waals surface area (Å²) in [5.41, 5.74) is 6.04. The van der Waals surface area contributed by atoms with Crippen LogP contribution in [0.4, 0.5) is 10.1 Å². The number of ketones is 1. The molecule has 2 N–H and O–H groups in total. The lowest BCUT2D eigenvalue weighted by molar-refractivity contribution is 0.103. The van der Waals surface area contributed by atoms with Gasteiger partial charge >= 0.3 is 0 Å². The van der Waals surface area contributed by atoms with Gasteiger partial charge in [-0.15, -0.1) is 0 Å². The lowest BCUT2D eigenvalue weighted by atomic mass is 10.0. The van der Waals surface area contributed by atoms with Gasteiger partial charge in [-0.25, -0.2) is 4.39 Å². The fraction of sp³-hybridized carbons (Fsp3) is 0. The third-order valence-corrected chi connectivity index (χ3v) is 4.13. The number of halogens is 4. The molecule has 0 saturated carbocycles. The van der Waals surface area contributed by atoms with Crippen LogP contribution in [0.3, 0.4) is 0 Å². The molecule has 2 aromatic carbocycles. The number of anilines is 1. The zero-order valence-electron chi connectivity index (χ0n) is 9.38. The molecule has 0 radical (unpaired) electrons. The summed E-state index contributed by atoms with van der Waals surface area (Å²) in [4.78, 5) is 12.2. The first-order chi connectivity index (χ1) is 8.91. The number of hydrogen-bond acceptors (Lipinski definition) is 2. The molecule has 0 atom stereocenters. The SMILES string of the molecule is Nc1ccc(C(=O)c2ccc(Br)c(Cl)c2F)cc1Cl. The van der Waals surface area contributed by atoms with Gasteiger partial charge in [0.15, 0.2) is 11.6 Å². The maximum Gasteiger partial charge on any atom is 0.196 e. The Morgan fingerprint density at radius 1 is 1.21 bits per heavy atom. The van der Waals surface area contributed by atoms with E-state index in [1.807, 2.05) is 0 Å². The Labute approximate surface area is 127 Å². The van der Waals surface area contributed by atoms with Crippen molar-refractivity contribution in [1.29, 1.82) is 0 Å². The Hall–Kier alpha value is -1.10. The summed E-state index contributed by atoms with van der Waals surface area (Å²) in [5, 5.41) is 0.113. The van der Waals surface area contributed by atoms with E-state index in [0.29, 0.717) is 10.2 Å². The first-order valence-corrected chi connectivity index (χ1v) is 6.70. The third-order valence-electron chi connectivity index (χ3n) is 2.54. The van der Waals surface area contributed by atoms with Crippen molar-refractivity contribution in [2.45, 2.75) is 0 Å². The molecule has 2 rings (SSSR count).